The van der Waals surface area contributed by atoms with Crippen molar-refractivity contribution in [3.63, 3.8) is 0 Å². The van der Waals surface area contributed by atoms with Gasteiger partial charge in [-0.05, 0) is 42.3 Å². The lowest BCUT2D eigenvalue weighted by molar-refractivity contribution is -0.118. The van der Waals surface area contributed by atoms with Crippen LogP contribution in [0.25, 0.3) is 10.4 Å². The number of nitrogens with zero attached hydrogens (tertiary/aromatic N) is 1. The number of hydrogen-bond acceptors (Lipinski definition) is 6. The maximum absolute atomic E-state index is 12.3. The predicted molar refractivity (Wildman–Crippen MR) is 121 cm³/mol. The number of aldehydes is 1. The first-order chi connectivity index (χ1) is 14.8. The van der Waals surface area contributed by atoms with E-state index in [1.165, 1.54) is 31.4 Å². The van der Waals surface area contributed by atoms with Crippen molar-refractivity contribution in [3.8, 4) is 10.4 Å². The number of hydrogen-bond donors (Lipinski definition) is 2. The van der Waals surface area contributed by atoms with Gasteiger partial charge in [0.05, 0.1) is 18.5 Å². The summed E-state index contributed by atoms with van der Waals surface area (Å²) in [5.74, 6) is -0.0538. The number of allylic oxidation sites excluding steroid dienone is 2. The summed E-state index contributed by atoms with van der Waals surface area (Å²) in [6.45, 7) is 10.9. The van der Waals surface area contributed by atoms with Crippen LogP contribution in [0.4, 0.5) is 5.69 Å². The zero-order valence-corrected chi connectivity index (χ0v) is 18.5. The molecule has 8 nitrogen and oxygen atoms in total. The minimum absolute atomic E-state index is 0.0358. The average molecular weight is 444 g/mol. The van der Waals surface area contributed by atoms with Crippen LogP contribution in [0.15, 0.2) is 55.3 Å². The zero-order valence-electron chi connectivity index (χ0n) is 17.6. The maximum Gasteiger partial charge on any atom is 0.268 e. The number of hydroxylamine groups is 1. The Kier molecular flexibility index (Phi) is 10.6. The Labute approximate surface area is 185 Å². The van der Waals surface area contributed by atoms with E-state index in [9.17, 15) is 9.59 Å². The van der Waals surface area contributed by atoms with Crippen molar-refractivity contribution in [1.82, 2.24) is 10.4 Å². The Balaban J connectivity index is 0.000000454. The van der Waals surface area contributed by atoms with Crippen molar-refractivity contribution in [2.24, 2.45) is 0 Å². The lowest BCUT2D eigenvalue weighted by atomic mass is 10.1. The molecule has 9 heteroatoms. The highest BCUT2D eigenvalue weighted by Crippen LogP contribution is 2.37. The smallest absolute Gasteiger partial charge is 0.268 e. The summed E-state index contributed by atoms with van der Waals surface area (Å²) in [5.41, 5.74) is 5.57. The first-order valence-corrected chi connectivity index (χ1v) is 9.87. The number of fused-ring (bicyclic) bond motifs is 1. The second kappa shape index (κ2) is 12.9. The number of thiophene rings is 1. The van der Waals surface area contributed by atoms with Gasteiger partial charge in [-0.3, -0.25) is 24.0 Å². The predicted octanol–water partition coefficient (Wildman–Crippen LogP) is 3.53. The van der Waals surface area contributed by atoms with Gasteiger partial charge in [0.1, 0.15) is 6.29 Å². The van der Waals surface area contributed by atoms with E-state index in [0.717, 1.165) is 32.3 Å². The van der Waals surface area contributed by atoms with Crippen LogP contribution >= 0.6 is 11.3 Å². The number of anilines is 1. The molecule has 0 fully saturated rings. The second-order valence-corrected chi connectivity index (χ2v) is 7.21. The Morgan fingerprint density at radius 1 is 1.23 bits per heavy atom. The zero-order chi connectivity index (χ0) is 23.4. The molecule has 0 radical (unpaired) electrons. The maximum atomic E-state index is 12.3. The monoisotopic (exact) mass is 443 g/mol. The topological polar surface area (TPSA) is 105 Å². The Morgan fingerprint density at radius 2 is 1.84 bits per heavy atom. The van der Waals surface area contributed by atoms with Gasteiger partial charge in [-0.2, -0.15) is 0 Å². The first-order valence-electron chi connectivity index (χ1n) is 9.05. The first kappa shape index (κ1) is 25.5. The van der Waals surface area contributed by atoms with E-state index < -0.39 is 0 Å². The standard InChI is InChI=1S/C17H16N2O2S.C3H4O.C2H5NO2/c1-10(2)19-9-13-8-15(22-16(13)17(19)21)12-4-6-14(7-5-12)18-11(3)20;1-2-3-4;1-5-3-2-4/h4-8H,1,9H2,2-3H3,(H,18,20);2-3H,1H2;2H,1H3,(H,3,4). The molecule has 0 spiro atoms. The van der Waals surface area contributed by atoms with Crippen molar-refractivity contribution in [3.05, 3.63) is 65.7 Å². The van der Waals surface area contributed by atoms with Crippen LogP contribution in [0, 0.1) is 0 Å². The molecule has 0 aliphatic carbocycles. The molecule has 1 aromatic carbocycles. The summed E-state index contributed by atoms with van der Waals surface area (Å²) in [5, 5.41) is 2.74. The quantitative estimate of drug-likeness (QED) is 0.404. The molecule has 0 unspecified atom stereocenters. The minimum Gasteiger partial charge on any atom is -0.326 e. The van der Waals surface area contributed by atoms with Gasteiger partial charge in [0.25, 0.3) is 5.91 Å². The van der Waals surface area contributed by atoms with Gasteiger partial charge in [0, 0.05) is 23.2 Å². The van der Waals surface area contributed by atoms with Gasteiger partial charge in [0.15, 0.2) is 0 Å². The van der Waals surface area contributed by atoms with Crippen LogP contribution in [-0.2, 0) is 25.8 Å². The summed E-state index contributed by atoms with van der Waals surface area (Å²) in [6, 6.07) is 9.70. The normalized spacial score (nSPS) is 11.1. The van der Waals surface area contributed by atoms with Crippen molar-refractivity contribution in [1.29, 1.82) is 0 Å². The SMILES string of the molecule is C=C(C)N1Cc2cc(-c3ccc(NC(C)=O)cc3)sc2C1=O.C=CC=O.CONC=O. The molecule has 1 aliphatic rings. The van der Waals surface area contributed by atoms with Crippen molar-refractivity contribution >= 4 is 41.5 Å². The van der Waals surface area contributed by atoms with Crippen molar-refractivity contribution in [2.75, 3.05) is 12.4 Å². The van der Waals surface area contributed by atoms with Crippen LogP contribution in [0.5, 0.6) is 0 Å². The molecule has 0 saturated carbocycles. The van der Waals surface area contributed by atoms with Crippen LogP contribution in [0.1, 0.15) is 29.1 Å². The lowest BCUT2D eigenvalue weighted by Gasteiger charge is -2.14. The molecule has 1 aliphatic heterocycles. The highest BCUT2D eigenvalue weighted by molar-refractivity contribution is 7.17. The summed E-state index contributed by atoms with van der Waals surface area (Å²) in [4.78, 5) is 49.2. The summed E-state index contributed by atoms with van der Waals surface area (Å²) in [7, 11) is 1.37. The third kappa shape index (κ3) is 7.65. The van der Waals surface area contributed by atoms with E-state index >= 15 is 0 Å². The van der Waals surface area contributed by atoms with Crippen LogP contribution in [0.3, 0.4) is 0 Å². The molecule has 0 bridgehead atoms. The van der Waals surface area contributed by atoms with E-state index in [4.69, 9.17) is 9.59 Å². The van der Waals surface area contributed by atoms with Crippen LogP contribution in [-0.4, -0.2) is 36.5 Å². The highest BCUT2D eigenvalue weighted by Gasteiger charge is 2.30. The molecule has 0 saturated heterocycles. The molecule has 3 amide bonds. The van der Waals surface area contributed by atoms with Crippen molar-refractivity contribution < 1.29 is 24.0 Å². The van der Waals surface area contributed by atoms with E-state index in [0.29, 0.717) is 19.2 Å². The highest BCUT2D eigenvalue weighted by atomic mass is 32.1. The fraction of sp³-hybridized carbons (Fsp3) is 0.182. The fourth-order valence-electron chi connectivity index (χ4n) is 2.51. The molecule has 1 aromatic heterocycles. The second-order valence-electron chi connectivity index (χ2n) is 6.16. The lowest BCUT2D eigenvalue weighted by Crippen LogP contribution is -2.20. The average Bonchev–Trinajstić information content (AvgIpc) is 3.29. The number of rotatable bonds is 6. The number of carbonyl (C=O) groups excluding carboxylic acids is 4. The van der Waals surface area contributed by atoms with E-state index in [1.807, 2.05) is 36.7 Å². The van der Waals surface area contributed by atoms with Gasteiger partial charge in [-0.15, -0.1) is 11.3 Å². The van der Waals surface area contributed by atoms with Gasteiger partial charge in [-0.25, -0.2) is 5.48 Å². The van der Waals surface area contributed by atoms with Gasteiger partial charge < -0.3 is 10.2 Å². The molecular weight excluding hydrogens is 418 g/mol. The molecule has 31 heavy (non-hydrogen) atoms. The molecule has 2 N–H and O–H groups in total. The number of amides is 3. The molecule has 0 atom stereocenters. The molecule has 2 aromatic rings. The number of nitrogens with one attached hydrogen (secondary N) is 2. The van der Waals surface area contributed by atoms with Gasteiger partial charge >= 0.3 is 0 Å². The summed E-state index contributed by atoms with van der Waals surface area (Å²) in [6.07, 6.45) is 2.29. The van der Waals surface area contributed by atoms with E-state index in [1.54, 1.807) is 4.90 Å². The van der Waals surface area contributed by atoms with Gasteiger partial charge in [0.2, 0.25) is 12.3 Å². The van der Waals surface area contributed by atoms with Gasteiger partial charge in [-0.1, -0.05) is 25.3 Å². The largest absolute Gasteiger partial charge is 0.326 e. The number of carbonyl (C=O) groups is 4. The van der Waals surface area contributed by atoms with E-state index in [-0.39, 0.29) is 11.8 Å². The fourth-order valence-corrected chi connectivity index (χ4v) is 3.64. The van der Waals surface area contributed by atoms with Crippen LogP contribution < -0.4 is 10.8 Å². The Hall–Kier alpha value is -3.56. The third-order valence-corrected chi connectivity index (χ3v) is 5.00. The Bertz CT molecular complexity index is 945. The molecule has 164 valence electrons. The number of benzene rings is 1. The molecule has 2 heterocycles. The molecule has 3 rings (SSSR count). The van der Waals surface area contributed by atoms with Crippen molar-refractivity contribution in [2.45, 2.75) is 20.4 Å². The summed E-state index contributed by atoms with van der Waals surface area (Å²) < 4.78 is 0. The Morgan fingerprint density at radius 3 is 2.23 bits per heavy atom. The van der Waals surface area contributed by atoms with E-state index in [2.05, 4.69) is 29.4 Å². The van der Waals surface area contributed by atoms with Crippen LogP contribution in [0.2, 0.25) is 0 Å². The minimum atomic E-state index is -0.0895. The summed E-state index contributed by atoms with van der Waals surface area (Å²) >= 11 is 1.50. The molecular formula is C22H25N3O5S. The third-order valence-electron chi connectivity index (χ3n) is 3.79.